The number of rotatable bonds is 7. The minimum atomic E-state index is -0.687. The van der Waals surface area contributed by atoms with Crippen LogP contribution in [0.2, 0.25) is 0 Å². The number of aromatic nitrogens is 2. The van der Waals surface area contributed by atoms with Crippen molar-refractivity contribution >= 4 is 11.7 Å². The molecule has 138 valence electrons. The van der Waals surface area contributed by atoms with Crippen molar-refractivity contribution < 1.29 is 18.9 Å². The molecule has 2 aromatic carbocycles. The first kappa shape index (κ1) is 18.2. The quantitative estimate of drug-likeness (QED) is 0.354. The molecule has 0 aliphatic heterocycles. The summed E-state index contributed by atoms with van der Waals surface area (Å²) in [5.74, 6) is 0.00457. The number of hydrogen-bond acceptors (Lipinski definition) is 7. The van der Waals surface area contributed by atoms with Crippen LogP contribution in [0, 0.1) is 10.1 Å². The van der Waals surface area contributed by atoms with Crippen LogP contribution in [0.4, 0.5) is 5.69 Å². The molecule has 0 unspecified atom stereocenters. The van der Waals surface area contributed by atoms with Crippen LogP contribution in [-0.2, 0) is 16.0 Å². The average Bonchev–Trinajstić information content (AvgIpc) is 3.18. The summed E-state index contributed by atoms with van der Waals surface area (Å²) in [5.41, 5.74) is 1.57. The fourth-order valence-corrected chi connectivity index (χ4v) is 2.44. The molecule has 1 atom stereocenters. The molecule has 3 rings (SSSR count). The van der Waals surface area contributed by atoms with Crippen molar-refractivity contribution in [2.24, 2.45) is 0 Å². The van der Waals surface area contributed by atoms with Crippen LogP contribution < -0.4 is 0 Å². The van der Waals surface area contributed by atoms with Gasteiger partial charge in [-0.2, -0.15) is 0 Å². The van der Waals surface area contributed by atoms with Gasteiger partial charge in [0.2, 0.25) is 5.89 Å². The lowest BCUT2D eigenvalue weighted by Crippen LogP contribution is -2.10. The Labute approximate surface area is 155 Å². The first-order chi connectivity index (χ1) is 13.0. The minimum absolute atomic E-state index is 0.0285. The zero-order valence-corrected chi connectivity index (χ0v) is 14.6. The maximum Gasteiger partial charge on any atom is 0.306 e. The van der Waals surface area contributed by atoms with E-state index >= 15 is 0 Å². The van der Waals surface area contributed by atoms with Gasteiger partial charge < -0.3 is 9.15 Å². The zero-order valence-electron chi connectivity index (χ0n) is 14.6. The molecule has 3 aromatic rings. The minimum Gasteiger partial charge on any atom is -0.453 e. The van der Waals surface area contributed by atoms with E-state index in [1.165, 1.54) is 24.3 Å². The Morgan fingerprint density at radius 1 is 1.15 bits per heavy atom. The van der Waals surface area contributed by atoms with E-state index in [1.54, 1.807) is 6.92 Å². The highest BCUT2D eigenvalue weighted by molar-refractivity contribution is 5.70. The molecule has 0 radical (unpaired) electrons. The van der Waals surface area contributed by atoms with Crippen LogP contribution in [0.25, 0.3) is 11.5 Å². The van der Waals surface area contributed by atoms with Gasteiger partial charge >= 0.3 is 5.97 Å². The number of nitro benzene ring substituents is 1. The molecule has 0 saturated carbocycles. The molecular formula is C19H17N3O5. The number of carbonyl (C=O) groups is 1. The van der Waals surface area contributed by atoms with Crippen molar-refractivity contribution in [2.45, 2.75) is 25.9 Å². The van der Waals surface area contributed by atoms with E-state index in [0.29, 0.717) is 12.0 Å². The van der Waals surface area contributed by atoms with Crippen molar-refractivity contribution in [1.82, 2.24) is 10.2 Å². The summed E-state index contributed by atoms with van der Waals surface area (Å²) in [6.45, 7) is 1.65. The first-order valence-corrected chi connectivity index (χ1v) is 8.34. The standard InChI is InChI=1S/C19H17N3O5/c1-13(26-17(23)12-7-14-5-3-2-4-6-14)18-20-21-19(27-18)15-8-10-16(11-9-15)22(24)25/h2-6,8-11,13H,7,12H2,1H3/t13-/m1/s1. The normalized spacial score (nSPS) is 11.7. The highest BCUT2D eigenvalue weighted by atomic mass is 16.6. The number of benzene rings is 2. The lowest BCUT2D eigenvalue weighted by atomic mass is 10.1. The Kier molecular flexibility index (Phi) is 5.55. The second kappa shape index (κ2) is 8.22. The van der Waals surface area contributed by atoms with Crippen LogP contribution in [-0.4, -0.2) is 21.1 Å². The number of ether oxygens (including phenoxy) is 1. The molecule has 1 heterocycles. The van der Waals surface area contributed by atoms with Crippen LogP contribution in [0.3, 0.4) is 0 Å². The summed E-state index contributed by atoms with van der Waals surface area (Å²) in [7, 11) is 0. The molecule has 0 aliphatic carbocycles. The van der Waals surface area contributed by atoms with Crippen LogP contribution in [0.15, 0.2) is 59.0 Å². The summed E-state index contributed by atoms with van der Waals surface area (Å²) in [4.78, 5) is 22.2. The molecule has 27 heavy (non-hydrogen) atoms. The monoisotopic (exact) mass is 367 g/mol. The summed E-state index contributed by atoms with van der Waals surface area (Å²) in [6, 6.07) is 15.4. The van der Waals surface area contributed by atoms with E-state index in [4.69, 9.17) is 9.15 Å². The van der Waals surface area contributed by atoms with Crippen molar-refractivity contribution in [3.05, 3.63) is 76.2 Å². The van der Waals surface area contributed by atoms with Crippen molar-refractivity contribution in [1.29, 1.82) is 0 Å². The molecule has 8 nitrogen and oxygen atoms in total. The summed E-state index contributed by atoms with van der Waals surface area (Å²) in [6.07, 6.45) is 0.148. The Morgan fingerprint density at radius 3 is 2.52 bits per heavy atom. The molecule has 0 N–H and O–H groups in total. The van der Waals surface area contributed by atoms with Gasteiger partial charge in [0.05, 0.1) is 4.92 Å². The van der Waals surface area contributed by atoms with Gasteiger partial charge in [-0.25, -0.2) is 0 Å². The predicted octanol–water partition coefficient (Wildman–Crippen LogP) is 3.88. The van der Waals surface area contributed by atoms with Gasteiger partial charge in [0.25, 0.3) is 11.6 Å². The predicted molar refractivity (Wildman–Crippen MR) is 95.7 cm³/mol. The third-order valence-corrected chi connectivity index (χ3v) is 3.88. The summed E-state index contributed by atoms with van der Waals surface area (Å²) < 4.78 is 10.9. The molecular weight excluding hydrogens is 350 g/mol. The number of hydrogen-bond donors (Lipinski definition) is 0. The molecule has 0 amide bonds. The average molecular weight is 367 g/mol. The smallest absolute Gasteiger partial charge is 0.306 e. The fourth-order valence-electron chi connectivity index (χ4n) is 2.44. The number of aryl methyl sites for hydroxylation is 1. The van der Waals surface area contributed by atoms with E-state index < -0.39 is 11.0 Å². The van der Waals surface area contributed by atoms with E-state index in [0.717, 1.165) is 5.56 Å². The first-order valence-electron chi connectivity index (χ1n) is 8.34. The topological polar surface area (TPSA) is 108 Å². The number of non-ortho nitro benzene ring substituents is 1. The van der Waals surface area contributed by atoms with E-state index in [-0.39, 0.29) is 29.9 Å². The maximum absolute atomic E-state index is 12.0. The van der Waals surface area contributed by atoms with Gasteiger partial charge in [-0.1, -0.05) is 30.3 Å². The number of carbonyl (C=O) groups excluding carboxylic acids is 1. The number of nitrogens with zero attached hydrogens (tertiary/aromatic N) is 3. The van der Waals surface area contributed by atoms with E-state index in [2.05, 4.69) is 10.2 Å². The molecule has 0 aliphatic rings. The number of nitro groups is 1. The van der Waals surface area contributed by atoms with Gasteiger partial charge in [0.1, 0.15) is 0 Å². The molecule has 1 aromatic heterocycles. The Bertz CT molecular complexity index is 922. The lowest BCUT2D eigenvalue weighted by Gasteiger charge is -2.09. The third kappa shape index (κ3) is 4.75. The lowest BCUT2D eigenvalue weighted by molar-refractivity contribution is -0.384. The molecule has 8 heteroatoms. The Hall–Kier alpha value is -3.55. The zero-order chi connectivity index (χ0) is 19.2. The SMILES string of the molecule is C[C@@H](OC(=O)CCc1ccccc1)c1nnc(-c2ccc([N+](=O)[O-])cc2)o1. The van der Waals surface area contributed by atoms with Gasteiger partial charge in [-0.3, -0.25) is 14.9 Å². The second-order valence-corrected chi connectivity index (χ2v) is 5.87. The van der Waals surface area contributed by atoms with E-state index in [1.807, 2.05) is 30.3 Å². The van der Waals surface area contributed by atoms with Gasteiger partial charge in [0, 0.05) is 24.1 Å². The maximum atomic E-state index is 12.0. The van der Waals surface area contributed by atoms with Crippen LogP contribution in [0.1, 0.15) is 30.9 Å². The van der Waals surface area contributed by atoms with Gasteiger partial charge in [-0.05, 0) is 31.0 Å². The van der Waals surface area contributed by atoms with E-state index in [9.17, 15) is 14.9 Å². The van der Waals surface area contributed by atoms with Crippen molar-refractivity contribution in [2.75, 3.05) is 0 Å². The van der Waals surface area contributed by atoms with Crippen molar-refractivity contribution in [3.8, 4) is 11.5 Å². The Balaban J connectivity index is 1.58. The largest absolute Gasteiger partial charge is 0.453 e. The van der Waals surface area contributed by atoms with Gasteiger partial charge in [-0.15, -0.1) is 10.2 Å². The fraction of sp³-hybridized carbons (Fsp3) is 0.211. The van der Waals surface area contributed by atoms with Crippen molar-refractivity contribution in [3.63, 3.8) is 0 Å². The summed E-state index contributed by atoms with van der Waals surface area (Å²) in [5, 5.41) is 18.5. The van der Waals surface area contributed by atoms with Gasteiger partial charge in [0.15, 0.2) is 6.10 Å². The molecule has 0 saturated heterocycles. The van der Waals surface area contributed by atoms with Crippen LogP contribution in [0.5, 0.6) is 0 Å². The molecule has 0 fully saturated rings. The molecule has 0 spiro atoms. The third-order valence-electron chi connectivity index (χ3n) is 3.88. The van der Waals surface area contributed by atoms with Crippen LogP contribution >= 0.6 is 0 Å². The Morgan fingerprint density at radius 2 is 1.85 bits per heavy atom. The second-order valence-electron chi connectivity index (χ2n) is 5.87. The summed E-state index contributed by atoms with van der Waals surface area (Å²) >= 11 is 0. The molecule has 0 bridgehead atoms. The highest BCUT2D eigenvalue weighted by Crippen LogP contribution is 2.24. The number of esters is 1. The highest BCUT2D eigenvalue weighted by Gasteiger charge is 2.19.